The van der Waals surface area contributed by atoms with Gasteiger partial charge in [-0.25, -0.2) is 0 Å². The lowest BCUT2D eigenvalue weighted by atomic mass is 9.57. The number of nitrogens with zero attached hydrogens (tertiary/aromatic N) is 2. The van der Waals surface area contributed by atoms with E-state index in [1.807, 2.05) is 0 Å². The van der Waals surface area contributed by atoms with E-state index in [0.29, 0.717) is 30.0 Å². The zero-order valence-corrected chi connectivity index (χ0v) is 10.8. The fourth-order valence-electron chi connectivity index (χ4n) is 3.55. The predicted octanol–water partition coefficient (Wildman–Crippen LogP) is 2.17. The SMILES string of the molecule is CC1(C)[C@H](Nc2nc(C3CC3)no2)[C@@H]2CCO[C@@H]21. The summed E-state index contributed by atoms with van der Waals surface area (Å²) in [5.41, 5.74) is 0.148. The molecule has 0 bridgehead atoms. The van der Waals surface area contributed by atoms with Gasteiger partial charge < -0.3 is 14.6 Å². The first-order valence-electron chi connectivity index (χ1n) is 6.88. The van der Waals surface area contributed by atoms with Crippen LogP contribution in [-0.4, -0.2) is 28.9 Å². The van der Waals surface area contributed by atoms with E-state index < -0.39 is 0 Å². The topological polar surface area (TPSA) is 60.2 Å². The van der Waals surface area contributed by atoms with Crippen LogP contribution in [0, 0.1) is 11.3 Å². The van der Waals surface area contributed by atoms with Gasteiger partial charge in [0.1, 0.15) is 0 Å². The molecule has 1 aromatic heterocycles. The minimum absolute atomic E-state index is 0.148. The van der Waals surface area contributed by atoms with Crippen LogP contribution < -0.4 is 5.32 Å². The quantitative estimate of drug-likeness (QED) is 0.889. The highest BCUT2D eigenvalue weighted by atomic mass is 16.5. The Bertz CT molecular complexity index is 467. The molecule has 1 aromatic rings. The van der Waals surface area contributed by atoms with Gasteiger partial charge in [0.25, 0.3) is 0 Å². The molecule has 0 unspecified atom stereocenters. The number of hydrogen-bond acceptors (Lipinski definition) is 5. The van der Waals surface area contributed by atoms with Gasteiger partial charge in [0.2, 0.25) is 0 Å². The van der Waals surface area contributed by atoms with E-state index >= 15 is 0 Å². The largest absolute Gasteiger partial charge is 0.377 e. The van der Waals surface area contributed by atoms with Crippen LogP contribution in [0.3, 0.4) is 0 Å². The van der Waals surface area contributed by atoms with Gasteiger partial charge in [0.15, 0.2) is 5.82 Å². The van der Waals surface area contributed by atoms with E-state index in [-0.39, 0.29) is 5.41 Å². The molecule has 3 aliphatic rings. The first kappa shape index (κ1) is 10.8. The van der Waals surface area contributed by atoms with E-state index in [1.54, 1.807) is 0 Å². The summed E-state index contributed by atoms with van der Waals surface area (Å²) in [6, 6.07) is 0.970. The number of ether oxygens (including phenoxy) is 1. The van der Waals surface area contributed by atoms with Crippen molar-refractivity contribution in [1.29, 1.82) is 0 Å². The molecule has 0 radical (unpaired) electrons. The van der Waals surface area contributed by atoms with Crippen LogP contribution in [0.2, 0.25) is 0 Å². The lowest BCUT2D eigenvalue weighted by molar-refractivity contribution is -0.0929. The maximum absolute atomic E-state index is 5.78. The van der Waals surface area contributed by atoms with Crippen molar-refractivity contribution >= 4 is 6.01 Å². The number of nitrogens with one attached hydrogen (secondary N) is 1. The number of rotatable bonds is 3. The molecule has 98 valence electrons. The molecule has 2 saturated carbocycles. The Morgan fingerprint density at radius 2 is 2.11 bits per heavy atom. The van der Waals surface area contributed by atoms with Gasteiger partial charge in [-0.3, -0.25) is 0 Å². The second-order valence-corrected chi connectivity index (χ2v) is 6.42. The summed E-state index contributed by atoms with van der Waals surface area (Å²) in [5, 5.41) is 7.47. The summed E-state index contributed by atoms with van der Waals surface area (Å²) in [6.07, 6.45) is 3.93. The molecule has 18 heavy (non-hydrogen) atoms. The number of hydrogen-bond donors (Lipinski definition) is 1. The summed E-state index contributed by atoms with van der Waals surface area (Å²) >= 11 is 0. The lowest BCUT2D eigenvalue weighted by Gasteiger charge is -2.54. The van der Waals surface area contributed by atoms with Gasteiger partial charge in [0.05, 0.1) is 6.10 Å². The van der Waals surface area contributed by atoms with Gasteiger partial charge in [-0.05, 0) is 19.3 Å². The molecule has 1 N–H and O–H groups in total. The first-order valence-corrected chi connectivity index (χ1v) is 6.88. The first-order chi connectivity index (χ1) is 8.66. The van der Waals surface area contributed by atoms with Crippen molar-refractivity contribution in [2.45, 2.75) is 51.2 Å². The van der Waals surface area contributed by atoms with Crippen molar-refractivity contribution in [3.63, 3.8) is 0 Å². The van der Waals surface area contributed by atoms with Crippen LogP contribution in [0.4, 0.5) is 6.01 Å². The lowest BCUT2D eigenvalue weighted by Crippen LogP contribution is -2.63. The number of anilines is 1. The highest BCUT2D eigenvalue weighted by Crippen LogP contribution is 2.53. The molecule has 0 amide bonds. The third-order valence-electron chi connectivity index (χ3n) is 4.76. The van der Waals surface area contributed by atoms with Crippen LogP contribution in [-0.2, 0) is 4.74 Å². The molecule has 5 heteroatoms. The van der Waals surface area contributed by atoms with Crippen molar-refractivity contribution in [3.8, 4) is 0 Å². The van der Waals surface area contributed by atoms with Crippen molar-refractivity contribution in [3.05, 3.63) is 5.82 Å². The molecule has 0 spiro atoms. The molecule has 3 atom stereocenters. The van der Waals surface area contributed by atoms with Gasteiger partial charge in [-0.2, -0.15) is 4.98 Å². The second kappa shape index (κ2) is 3.47. The third kappa shape index (κ3) is 1.43. The normalized spacial score (nSPS) is 37.1. The zero-order valence-electron chi connectivity index (χ0n) is 10.8. The van der Waals surface area contributed by atoms with Gasteiger partial charge in [-0.1, -0.05) is 19.0 Å². The van der Waals surface area contributed by atoms with Crippen LogP contribution >= 0.6 is 0 Å². The number of fused-ring (bicyclic) bond motifs is 1. The standard InChI is InChI=1S/C13H19N3O2/c1-13(2)9(8-5-6-17-10(8)13)14-12-15-11(16-18-12)7-3-4-7/h7-10H,3-6H2,1-2H3,(H,14,15,16)/t8-,9+,10-/m0/s1. The highest BCUT2D eigenvalue weighted by molar-refractivity contribution is 5.29. The summed E-state index contributed by atoms with van der Waals surface area (Å²) in [7, 11) is 0. The zero-order chi connectivity index (χ0) is 12.3. The van der Waals surface area contributed by atoms with Gasteiger partial charge in [0, 0.05) is 29.9 Å². The van der Waals surface area contributed by atoms with Crippen LogP contribution in [0.5, 0.6) is 0 Å². The van der Waals surface area contributed by atoms with Crippen molar-refractivity contribution in [2.75, 3.05) is 11.9 Å². The Morgan fingerprint density at radius 3 is 2.89 bits per heavy atom. The van der Waals surface area contributed by atoms with Crippen LogP contribution in [0.25, 0.3) is 0 Å². The smallest absolute Gasteiger partial charge is 0.321 e. The Labute approximate surface area is 106 Å². The summed E-state index contributed by atoms with van der Waals surface area (Å²) in [4.78, 5) is 4.44. The van der Waals surface area contributed by atoms with Crippen molar-refractivity contribution in [2.24, 2.45) is 11.3 Å². The third-order valence-corrected chi connectivity index (χ3v) is 4.76. The van der Waals surface area contributed by atoms with E-state index in [9.17, 15) is 0 Å². The average molecular weight is 249 g/mol. The molecule has 0 aromatic carbocycles. The minimum atomic E-state index is 0.148. The Kier molecular flexibility index (Phi) is 2.08. The molecule has 2 aliphatic carbocycles. The Morgan fingerprint density at radius 1 is 1.28 bits per heavy atom. The Balaban J connectivity index is 1.50. The molecule has 4 rings (SSSR count). The number of aromatic nitrogens is 2. The summed E-state index contributed by atoms with van der Waals surface area (Å²) in [5.74, 6) is 2.01. The Hall–Kier alpha value is -1.10. The fraction of sp³-hybridized carbons (Fsp3) is 0.846. The summed E-state index contributed by atoms with van der Waals surface area (Å²) < 4.78 is 11.1. The van der Waals surface area contributed by atoms with Crippen molar-refractivity contribution < 1.29 is 9.26 Å². The molecule has 1 aliphatic heterocycles. The van der Waals surface area contributed by atoms with E-state index in [2.05, 4.69) is 29.3 Å². The highest BCUT2D eigenvalue weighted by Gasteiger charge is 2.59. The van der Waals surface area contributed by atoms with Crippen LogP contribution in [0.1, 0.15) is 44.9 Å². The average Bonchev–Trinajstić information content (AvgIpc) is 2.93. The van der Waals surface area contributed by atoms with Crippen molar-refractivity contribution in [1.82, 2.24) is 10.1 Å². The summed E-state index contributed by atoms with van der Waals surface area (Å²) in [6.45, 7) is 5.37. The van der Waals surface area contributed by atoms with Gasteiger partial charge in [-0.15, -0.1) is 0 Å². The molecule has 1 saturated heterocycles. The monoisotopic (exact) mass is 249 g/mol. The maximum Gasteiger partial charge on any atom is 0.321 e. The predicted molar refractivity (Wildman–Crippen MR) is 65.3 cm³/mol. The van der Waals surface area contributed by atoms with E-state index in [0.717, 1.165) is 18.9 Å². The van der Waals surface area contributed by atoms with E-state index in [1.165, 1.54) is 12.8 Å². The molecule has 3 fully saturated rings. The molecule has 2 heterocycles. The second-order valence-electron chi connectivity index (χ2n) is 6.42. The van der Waals surface area contributed by atoms with Crippen LogP contribution in [0.15, 0.2) is 4.52 Å². The molecular weight excluding hydrogens is 230 g/mol. The molecule has 5 nitrogen and oxygen atoms in total. The minimum Gasteiger partial charge on any atom is -0.377 e. The van der Waals surface area contributed by atoms with E-state index in [4.69, 9.17) is 9.26 Å². The van der Waals surface area contributed by atoms with Gasteiger partial charge >= 0.3 is 6.01 Å². The maximum atomic E-state index is 5.78. The fourth-order valence-corrected chi connectivity index (χ4v) is 3.55. The molecular formula is C13H19N3O2.